The van der Waals surface area contributed by atoms with Gasteiger partial charge >= 0.3 is 5.97 Å². The highest BCUT2D eigenvalue weighted by molar-refractivity contribution is 5.96. The van der Waals surface area contributed by atoms with Crippen LogP contribution < -0.4 is 5.32 Å². The molecule has 2 N–H and O–H groups in total. The first-order chi connectivity index (χ1) is 17.6. The Bertz CT molecular complexity index is 1220. The van der Waals surface area contributed by atoms with E-state index in [1.165, 1.54) is 0 Å². The Labute approximate surface area is 211 Å². The Kier molecular flexibility index (Phi) is 7.16. The van der Waals surface area contributed by atoms with Crippen molar-refractivity contribution >= 4 is 11.9 Å². The van der Waals surface area contributed by atoms with E-state index in [2.05, 4.69) is 15.5 Å². The van der Waals surface area contributed by atoms with Crippen molar-refractivity contribution in [2.24, 2.45) is 0 Å². The van der Waals surface area contributed by atoms with Gasteiger partial charge in [0.2, 0.25) is 0 Å². The first-order valence-corrected chi connectivity index (χ1v) is 12.6. The zero-order valence-corrected chi connectivity index (χ0v) is 20.6. The summed E-state index contributed by atoms with van der Waals surface area (Å²) in [5, 5.41) is 10.8. The predicted molar refractivity (Wildman–Crippen MR) is 134 cm³/mol. The quantitative estimate of drug-likeness (QED) is 0.335. The standard InChI is InChI=1S/C28H32N4O4/c1-2-36-27(34)21-10-6-7-11-23(21)28(13-14-28)32(16-17-35-19-20-8-4-3-5-9-20)26(33)25-22-18-29-15-12-24(22)30-31-25/h3-11,29H,2,12-19H2,1H3,(H,30,31). The molecular weight excluding hydrogens is 456 g/mol. The van der Waals surface area contributed by atoms with Gasteiger partial charge in [0.1, 0.15) is 0 Å². The normalized spacial score (nSPS) is 15.7. The zero-order chi connectivity index (χ0) is 25.0. The monoisotopic (exact) mass is 488 g/mol. The summed E-state index contributed by atoms with van der Waals surface area (Å²) >= 11 is 0. The van der Waals surface area contributed by atoms with E-state index in [4.69, 9.17) is 9.47 Å². The lowest BCUT2D eigenvalue weighted by atomic mass is 9.95. The van der Waals surface area contributed by atoms with Gasteiger partial charge in [-0.05, 0) is 37.0 Å². The molecule has 0 spiro atoms. The number of hydrogen-bond donors (Lipinski definition) is 2. The summed E-state index contributed by atoms with van der Waals surface area (Å²) in [6, 6.07) is 17.4. The van der Waals surface area contributed by atoms with Gasteiger partial charge in [-0.1, -0.05) is 48.5 Å². The minimum absolute atomic E-state index is 0.143. The van der Waals surface area contributed by atoms with Gasteiger partial charge in [0.25, 0.3) is 5.91 Å². The van der Waals surface area contributed by atoms with Crippen LogP contribution in [0.2, 0.25) is 0 Å². The number of H-pyrrole nitrogens is 1. The molecule has 5 rings (SSSR count). The predicted octanol–water partition coefficient (Wildman–Crippen LogP) is 3.58. The van der Waals surface area contributed by atoms with Crippen LogP contribution in [-0.4, -0.2) is 53.3 Å². The third-order valence-corrected chi connectivity index (χ3v) is 6.99. The van der Waals surface area contributed by atoms with Crippen molar-refractivity contribution in [2.75, 3.05) is 26.3 Å². The summed E-state index contributed by atoms with van der Waals surface area (Å²) in [7, 11) is 0. The van der Waals surface area contributed by atoms with E-state index >= 15 is 0 Å². The molecule has 0 unspecified atom stereocenters. The van der Waals surface area contributed by atoms with E-state index in [0.29, 0.717) is 44.2 Å². The lowest BCUT2D eigenvalue weighted by Gasteiger charge is -2.33. The lowest BCUT2D eigenvalue weighted by molar-refractivity contribution is 0.0444. The third-order valence-electron chi connectivity index (χ3n) is 6.99. The van der Waals surface area contributed by atoms with Gasteiger partial charge in [-0.2, -0.15) is 5.10 Å². The van der Waals surface area contributed by atoms with E-state index in [-0.39, 0.29) is 11.9 Å². The topological polar surface area (TPSA) is 96.5 Å². The van der Waals surface area contributed by atoms with Gasteiger partial charge in [-0.3, -0.25) is 9.89 Å². The summed E-state index contributed by atoms with van der Waals surface area (Å²) in [6.07, 6.45) is 2.34. The van der Waals surface area contributed by atoms with Crippen molar-refractivity contribution in [1.29, 1.82) is 0 Å². The Hall–Kier alpha value is -3.49. The highest BCUT2D eigenvalue weighted by Crippen LogP contribution is 2.52. The number of nitrogens with zero attached hydrogens (tertiary/aromatic N) is 2. The summed E-state index contributed by atoms with van der Waals surface area (Å²) in [6.45, 7) is 4.78. The van der Waals surface area contributed by atoms with E-state index in [9.17, 15) is 9.59 Å². The average Bonchev–Trinajstić information content (AvgIpc) is 3.60. The van der Waals surface area contributed by atoms with Crippen LogP contribution in [0.1, 0.15) is 63.0 Å². The van der Waals surface area contributed by atoms with Gasteiger partial charge in [-0.25, -0.2) is 4.79 Å². The molecular formula is C28H32N4O4. The Morgan fingerprint density at radius 2 is 1.86 bits per heavy atom. The molecule has 1 aromatic heterocycles. The van der Waals surface area contributed by atoms with E-state index in [1.807, 2.05) is 53.4 Å². The molecule has 0 bridgehead atoms. The number of aromatic amines is 1. The minimum atomic E-state index is -0.593. The molecule has 36 heavy (non-hydrogen) atoms. The fourth-order valence-corrected chi connectivity index (χ4v) is 5.04. The fraction of sp³-hybridized carbons (Fsp3) is 0.393. The van der Waals surface area contributed by atoms with Crippen molar-refractivity contribution < 1.29 is 19.1 Å². The van der Waals surface area contributed by atoms with Crippen molar-refractivity contribution in [3.63, 3.8) is 0 Å². The number of carbonyl (C=O) groups excluding carboxylic acids is 2. The van der Waals surface area contributed by atoms with Crippen LogP contribution in [0.3, 0.4) is 0 Å². The molecule has 1 fully saturated rings. The molecule has 0 radical (unpaired) electrons. The Balaban J connectivity index is 1.44. The number of ether oxygens (including phenoxy) is 2. The van der Waals surface area contributed by atoms with E-state index in [0.717, 1.165) is 48.2 Å². The van der Waals surface area contributed by atoms with Crippen molar-refractivity contribution in [2.45, 2.75) is 44.9 Å². The molecule has 0 saturated heterocycles. The highest BCUT2D eigenvalue weighted by atomic mass is 16.5. The maximum atomic E-state index is 14.1. The number of nitrogens with one attached hydrogen (secondary N) is 2. The number of rotatable bonds is 10. The number of carbonyl (C=O) groups is 2. The number of esters is 1. The van der Waals surface area contributed by atoms with Crippen molar-refractivity contribution in [3.8, 4) is 0 Å². The van der Waals surface area contributed by atoms with E-state index < -0.39 is 5.54 Å². The summed E-state index contributed by atoms with van der Waals surface area (Å²) < 4.78 is 11.3. The van der Waals surface area contributed by atoms with Crippen molar-refractivity contribution in [3.05, 3.63) is 88.2 Å². The number of aromatic nitrogens is 2. The van der Waals surface area contributed by atoms with Crippen LogP contribution in [-0.2, 0) is 34.6 Å². The largest absolute Gasteiger partial charge is 0.462 e. The second kappa shape index (κ2) is 10.6. The second-order valence-electron chi connectivity index (χ2n) is 9.25. The number of hydrogen-bond acceptors (Lipinski definition) is 6. The number of amides is 1. The van der Waals surface area contributed by atoms with Gasteiger partial charge in [0.15, 0.2) is 5.69 Å². The lowest BCUT2D eigenvalue weighted by Crippen LogP contribution is -2.44. The van der Waals surface area contributed by atoms with Gasteiger partial charge in [0, 0.05) is 37.3 Å². The summed E-state index contributed by atoms with van der Waals surface area (Å²) in [5.41, 5.74) is 4.19. The molecule has 188 valence electrons. The molecule has 0 atom stereocenters. The number of benzene rings is 2. The first kappa shape index (κ1) is 24.2. The van der Waals surface area contributed by atoms with Crippen LogP contribution in [0.25, 0.3) is 0 Å². The smallest absolute Gasteiger partial charge is 0.338 e. The SMILES string of the molecule is CCOC(=O)c1ccccc1C1(N(CCOCc2ccccc2)C(=O)c2n[nH]c3c2CNCC3)CC1. The molecule has 2 aromatic carbocycles. The molecule has 8 heteroatoms. The average molecular weight is 489 g/mol. The van der Waals surface area contributed by atoms with Crippen LogP contribution in [0.4, 0.5) is 0 Å². The first-order valence-electron chi connectivity index (χ1n) is 12.6. The molecule has 2 heterocycles. The minimum Gasteiger partial charge on any atom is -0.462 e. The second-order valence-corrected chi connectivity index (χ2v) is 9.25. The van der Waals surface area contributed by atoms with Gasteiger partial charge in [-0.15, -0.1) is 0 Å². The van der Waals surface area contributed by atoms with Crippen molar-refractivity contribution in [1.82, 2.24) is 20.4 Å². The molecule has 1 amide bonds. The van der Waals surface area contributed by atoms with Crippen LogP contribution >= 0.6 is 0 Å². The molecule has 1 saturated carbocycles. The third kappa shape index (κ3) is 4.79. The van der Waals surface area contributed by atoms with E-state index in [1.54, 1.807) is 13.0 Å². The highest BCUT2D eigenvalue weighted by Gasteiger charge is 2.53. The zero-order valence-electron chi connectivity index (χ0n) is 20.6. The molecule has 1 aliphatic carbocycles. The number of fused-ring (bicyclic) bond motifs is 1. The maximum absolute atomic E-state index is 14.1. The van der Waals surface area contributed by atoms with Crippen LogP contribution in [0.15, 0.2) is 54.6 Å². The summed E-state index contributed by atoms with van der Waals surface area (Å²) in [5.74, 6) is -0.510. The van der Waals surface area contributed by atoms with Gasteiger partial charge < -0.3 is 19.7 Å². The summed E-state index contributed by atoms with van der Waals surface area (Å²) in [4.78, 5) is 28.7. The Morgan fingerprint density at radius 1 is 1.08 bits per heavy atom. The fourth-order valence-electron chi connectivity index (χ4n) is 5.04. The molecule has 1 aliphatic heterocycles. The van der Waals surface area contributed by atoms with Crippen LogP contribution in [0, 0.1) is 0 Å². The Morgan fingerprint density at radius 3 is 2.64 bits per heavy atom. The molecule has 8 nitrogen and oxygen atoms in total. The van der Waals surface area contributed by atoms with Gasteiger partial charge in [0.05, 0.1) is 30.9 Å². The molecule has 3 aromatic rings. The van der Waals surface area contributed by atoms with Crippen LogP contribution in [0.5, 0.6) is 0 Å². The maximum Gasteiger partial charge on any atom is 0.338 e. The molecule has 2 aliphatic rings.